The Labute approximate surface area is 201 Å². The van der Waals surface area contributed by atoms with Crippen LogP contribution in [-0.2, 0) is 4.79 Å². The summed E-state index contributed by atoms with van der Waals surface area (Å²) < 4.78 is 5.27. The molecule has 1 aliphatic rings. The van der Waals surface area contributed by atoms with Gasteiger partial charge in [0.15, 0.2) is 5.84 Å². The summed E-state index contributed by atoms with van der Waals surface area (Å²) >= 11 is 18.4. The smallest absolute Gasteiger partial charge is 0.282 e. The largest absolute Gasteiger partial charge is 0.465 e. The van der Waals surface area contributed by atoms with E-state index in [9.17, 15) is 19.7 Å². The fraction of sp³-hybridized carbons (Fsp3) is 0. The van der Waals surface area contributed by atoms with E-state index in [-0.39, 0.29) is 43.4 Å². The lowest BCUT2D eigenvalue weighted by molar-refractivity contribution is -0.384. The van der Waals surface area contributed by atoms with Crippen molar-refractivity contribution >= 4 is 69.9 Å². The molecule has 0 saturated heterocycles. The molecule has 0 aliphatic carbocycles. The number of benzene rings is 2. The second-order valence-corrected chi connectivity index (χ2v) is 7.87. The number of hydrogen-bond acceptors (Lipinski definition) is 6. The number of nitrogens with one attached hydrogen (secondary N) is 1. The Morgan fingerprint density at radius 1 is 1.12 bits per heavy atom. The highest BCUT2D eigenvalue weighted by Crippen LogP contribution is 2.39. The number of amides is 2. The van der Waals surface area contributed by atoms with Crippen molar-refractivity contribution < 1.29 is 18.9 Å². The third-order valence-electron chi connectivity index (χ3n) is 4.45. The van der Waals surface area contributed by atoms with Gasteiger partial charge in [0, 0.05) is 22.7 Å². The summed E-state index contributed by atoms with van der Waals surface area (Å²) in [6.07, 6.45) is 2.79. The maximum absolute atomic E-state index is 13.2. The van der Waals surface area contributed by atoms with Crippen LogP contribution in [0.1, 0.15) is 16.1 Å². The van der Waals surface area contributed by atoms with Crippen molar-refractivity contribution in [2.75, 3.05) is 5.01 Å². The Morgan fingerprint density at radius 3 is 2.48 bits per heavy atom. The topological polar surface area (TPSA) is 118 Å². The lowest BCUT2D eigenvalue weighted by Gasteiger charge is -2.15. The van der Waals surface area contributed by atoms with E-state index in [1.807, 2.05) is 0 Å². The number of hydrazone groups is 1. The summed E-state index contributed by atoms with van der Waals surface area (Å²) in [5.41, 5.74) is -0.221. The average molecular weight is 506 g/mol. The molecule has 2 heterocycles. The normalized spacial score (nSPS) is 14.5. The number of hydrogen-bond donors (Lipinski definition) is 1. The van der Waals surface area contributed by atoms with Crippen LogP contribution in [0, 0.1) is 10.1 Å². The Hall–Kier alpha value is -3.66. The van der Waals surface area contributed by atoms with Gasteiger partial charge in [-0.3, -0.25) is 19.7 Å². The number of rotatable bonds is 4. The monoisotopic (exact) mass is 504 g/mol. The number of furan rings is 1. The van der Waals surface area contributed by atoms with Crippen molar-refractivity contribution in [3.63, 3.8) is 0 Å². The highest BCUT2D eigenvalue weighted by molar-refractivity contribution is 6.44. The molecule has 4 rings (SSSR count). The summed E-state index contributed by atoms with van der Waals surface area (Å²) in [6.45, 7) is 0. The Morgan fingerprint density at radius 2 is 1.85 bits per heavy atom. The molecular formula is C21H11Cl3N4O5. The molecule has 12 heteroatoms. The van der Waals surface area contributed by atoms with Crippen LogP contribution in [0.3, 0.4) is 0 Å². The third kappa shape index (κ3) is 4.61. The van der Waals surface area contributed by atoms with Crippen molar-refractivity contribution in [2.45, 2.75) is 0 Å². The van der Waals surface area contributed by atoms with Crippen LogP contribution < -0.4 is 10.3 Å². The number of amidine groups is 1. The molecule has 0 unspecified atom stereocenters. The molecule has 0 spiro atoms. The highest BCUT2D eigenvalue weighted by atomic mass is 35.5. The maximum atomic E-state index is 13.2. The molecular weight excluding hydrogens is 495 g/mol. The van der Waals surface area contributed by atoms with Crippen molar-refractivity contribution in [2.24, 2.45) is 5.10 Å². The first-order valence-electron chi connectivity index (χ1n) is 9.13. The van der Waals surface area contributed by atoms with Crippen LogP contribution in [0.2, 0.25) is 15.1 Å². The summed E-state index contributed by atoms with van der Waals surface area (Å²) in [4.78, 5) is 36.4. The zero-order valence-electron chi connectivity index (χ0n) is 16.3. The molecule has 0 fully saturated rings. The van der Waals surface area contributed by atoms with Crippen molar-refractivity contribution in [3.05, 3.63) is 96.9 Å². The van der Waals surface area contributed by atoms with Gasteiger partial charge in [-0.15, -0.1) is 5.10 Å². The van der Waals surface area contributed by atoms with Gasteiger partial charge >= 0.3 is 0 Å². The second-order valence-electron chi connectivity index (χ2n) is 6.62. The van der Waals surface area contributed by atoms with E-state index in [0.29, 0.717) is 5.76 Å². The van der Waals surface area contributed by atoms with E-state index in [2.05, 4.69) is 10.4 Å². The molecule has 0 saturated carbocycles. The van der Waals surface area contributed by atoms with E-state index in [1.54, 1.807) is 12.1 Å². The van der Waals surface area contributed by atoms with Crippen LogP contribution in [0.4, 0.5) is 11.4 Å². The third-order valence-corrected chi connectivity index (χ3v) is 5.25. The number of nitrogens with zero attached hydrogens (tertiary/aromatic N) is 3. The predicted octanol–water partition coefficient (Wildman–Crippen LogP) is 5.32. The molecule has 0 atom stereocenters. The van der Waals surface area contributed by atoms with Crippen LogP contribution in [0.25, 0.3) is 6.08 Å². The summed E-state index contributed by atoms with van der Waals surface area (Å²) in [7, 11) is 0. The standard InChI is InChI=1S/C21H11Cl3N4O5/c22-12-8-16(23)18(17(24)9-12)27-21(30)15(10-14-5-2-6-33-14)19(26-27)25-20(29)11-3-1-4-13(7-11)28(31)32/h1-10H,(H,25,26,29)/b15-10+. The van der Waals surface area contributed by atoms with E-state index in [1.165, 1.54) is 42.7 Å². The van der Waals surface area contributed by atoms with Crippen LogP contribution >= 0.6 is 34.8 Å². The van der Waals surface area contributed by atoms with Gasteiger partial charge in [0.2, 0.25) is 0 Å². The van der Waals surface area contributed by atoms with Gasteiger partial charge in [-0.1, -0.05) is 40.9 Å². The molecule has 1 N–H and O–H groups in total. The summed E-state index contributed by atoms with van der Waals surface area (Å²) in [5, 5.41) is 19.0. The number of nitro groups is 1. The van der Waals surface area contributed by atoms with Gasteiger partial charge in [0.05, 0.1) is 26.8 Å². The molecule has 2 aromatic carbocycles. The van der Waals surface area contributed by atoms with Gasteiger partial charge in [-0.05, 0) is 36.4 Å². The highest BCUT2D eigenvalue weighted by Gasteiger charge is 2.35. The first-order valence-corrected chi connectivity index (χ1v) is 10.3. The van der Waals surface area contributed by atoms with Gasteiger partial charge < -0.3 is 9.73 Å². The Balaban J connectivity index is 1.75. The minimum atomic E-state index is -0.717. The minimum Gasteiger partial charge on any atom is -0.465 e. The average Bonchev–Trinajstić information content (AvgIpc) is 3.37. The minimum absolute atomic E-state index is 0.00212. The van der Waals surface area contributed by atoms with Crippen LogP contribution in [0.5, 0.6) is 0 Å². The molecule has 1 aliphatic heterocycles. The summed E-state index contributed by atoms with van der Waals surface area (Å²) in [6, 6.07) is 11.1. The molecule has 0 radical (unpaired) electrons. The van der Waals surface area contributed by atoms with Gasteiger partial charge in [0.1, 0.15) is 11.4 Å². The molecule has 1 aromatic heterocycles. The first kappa shape index (κ1) is 22.5. The molecule has 3 aromatic rings. The molecule has 2 amide bonds. The zero-order valence-corrected chi connectivity index (χ0v) is 18.6. The van der Waals surface area contributed by atoms with Gasteiger partial charge in [-0.25, -0.2) is 0 Å². The second kappa shape index (κ2) is 9.07. The van der Waals surface area contributed by atoms with E-state index < -0.39 is 16.7 Å². The summed E-state index contributed by atoms with van der Waals surface area (Å²) in [5.74, 6) is -1.17. The van der Waals surface area contributed by atoms with Crippen LogP contribution in [-0.4, -0.2) is 22.6 Å². The molecule has 33 heavy (non-hydrogen) atoms. The Kier molecular flexibility index (Phi) is 6.19. The number of nitro benzene ring substituents is 1. The van der Waals surface area contributed by atoms with Crippen molar-refractivity contribution in [1.29, 1.82) is 0 Å². The molecule has 0 bridgehead atoms. The number of non-ortho nitro benzene ring substituents is 1. The van der Waals surface area contributed by atoms with Crippen molar-refractivity contribution in [1.82, 2.24) is 5.32 Å². The van der Waals surface area contributed by atoms with Gasteiger partial charge in [0.25, 0.3) is 17.5 Å². The molecule has 9 nitrogen and oxygen atoms in total. The lowest BCUT2D eigenvalue weighted by Crippen LogP contribution is -2.31. The van der Waals surface area contributed by atoms with E-state index in [0.717, 1.165) is 11.1 Å². The fourth-order valence-electron chi connectivity index (χ4n) is 2.98. The predicted molar refractivity (Wildman–Crippen MR) is 124 cm³/mol. The number of carbonyl (C=O) groups is 2. The number of carbonyl (C=O) groups excluding carboxylic acids is 2. The number of anilines is 1. The van der Waals surface area contributed by atoms with Crippen LogP contribution in [0.15, 0.2) is 69.9 Å². The van der Waals surface area contributed by atoms with Crippen molar-refractivity contribution in [3.8, 4) is 0 Å². The first-order chi connectivity index (χ1) is 15.7. The number of halogens is 3. The quantitative estimate of drug-likeness (QED) is 0.292. The van der Waals surface area contributed by atoms with E-state index >= 15 is 0 Å². The fourth-order valence-corrected chi connectivity index (χ4v) is 3.96. The van der Waals surface area contributed by atoms with Gasteiger partial charge in [-0.2, -0.15) is 5.01 Å². The molecule has 166 valence electrons. The SMILES string of the molecule is O=C(NC1=NN(c2c(Cl)cc(Cl)cc2Cl)C(=O)/C1=C/c1ccco1)c1cccc([N+](=O)[O-])c1. The maximum Gasteiger partial charge on any atom is 0.282 e. The van der Waals surface area contributed by atoms with E-state index in [4.69, 9.17) is 39.2 Å². The Bertz CT molecular complexity index is 1330. The zero-order chi connectivity index (χ0) is 23.7. The lowest BCUT2D eigenvalue weighted by atomic mass is 10.1.